The Labute approximate surface area is 301 Å². The number of esters is 1. The number of benzene rings is 1. The second kappa shape index (κ2) is 22.4. The summed E-state index contributed by atoms with van der Waals surface area (Å²) in [7, 11) is 1.00. The molecule has 2 saturated heterocycles. The number of aliphatic hydroxyl groups excluding tert-OH is 2. The van der Waals surface area contributed by atoms with Gasteiger partial charge < -0.3 is 39.7 Å². The third kappa shape index (κ3) is 12.6. The molecule has 2 bridgehead atoms. The normalized spacial score (nSPS) is 27.1. The lowest BCUT2D eigenvalue weighted by Gasteiger charge is -2.49. The summed E-state index contributed by atoms with van der Waals surface area (Å²) in [6, 6.07) is 9.57. The van der Waals surface area contributed by atoms with E-state index in [0.29, 0.717) is 23.8 Å². The number of alkyl halides is 1. The highest BCUT2D eigenvalue weighted by molar-refractivity contribution is 5.87. The maximum absolute atomic E-state index is 13.8. The van der Waals surface area contributed by atoms with Crippen LogP contribution in [0.2, 0.25) is 0 Å². The molecule has 13 heteroatoms. The number of hydrogen-bond donors (Lipinski definition) is 5. The number of ether oxygens (including phenoxy) is 3. The second-order valence-electron chi connectivity index (χ2n) is 12.7. The van der Waals surface area contributed by atoms with Crippen LogP contribution < -0.4 is 0 Å². The number of rotatable bonds is 16. The van der Waals surface area contributed by atoms with Crippen molar-refractivity contribution in [3.63, 3.8) is 0 Å². The summed E-state index contributed by atoms with van der Waals surface area (Å²) in [5, 5.41) is 46.6. The van der Waals surface area contributed by atoms with Crippen molar-refractivity contribution in [2.45, 2.75) is 122 Å². The minimum atomic E-state index is -2.84. The number of carboxylic acids is 2. The van der Waals surface area contributed by atoms with Gasteiger partial charge in [0.1, 0.15) is 25.0 Å². The SMILES string of the molecule is C=C(CCC12OC(CF)C(O)(C=O)C(C(=O)O)(C[C@H]1O)O2)[C@@H](OC(C)=O)[C@H](C)Cc1ccccc1.CC.CC[C@H](C)C[C@H](C)/C=C/C(=O)O.CO. The first kappa shape index (κ1) is 47.5. The lowest BCUT2D eigenvalue weighted by molar-refractivity contribution is -0.374. The fourth-order valence-corrected chi connectivity index (χ4v) is 6.15. The third-order valence-electron chi connectivity index (χ3n) is 8.93. The van der Waals surface area contributed by atoms with Gasteiger partial charge in [0.2, 0.25) is 5.60 Å². The van der Waals surface area contributed by atoms with Gasteiger partial charge in [0.15, 0.2) is 17.7 Å². The topological polar surface area (TPSA) is 197 Å². The van der Waals surface area contributed by atoms with Crippen molar-refractivity contribution in [2.24, 2.45) is 17.8 Å². The summed E-state index contributed by atoms with van der Waals surface area (Å²) in [6.45, 7) is 16.2. The summed E-state index contributed by atoms with van der Waals surface area (Å²) in [5.41, 5.74) is -3.94. The highest BCUT2D eigenvalue weighted by atomic mass is 19.1. The molecule has 1 aromatic rings. The van der Waals surface area contributed by atoms with Crippen molar-refractivity contribution in [1.29, 1.82) is 0 Å². The lowest BCUT2D eigenvalue weighted by atomic mass is 9.77. The number of carbonyl (C=O) groups excluding carboxylic acids is 2. The summed E-state index contributed by atoms with van der Waals surface area (Å²) in [4.78, 5) is 45.7. The van der Waals surface area contributed by atoms with E-state index in [2.05, 4.69) is 20.4 Å². The van der Waals surface area contributed by atoms with E-state index in [4.69, 9.17) is 24.4 Å². The Kier molecular flexibility index (Phi) is 20.9. The molecule has 2 heterocycles. The minimum Gasteiger partial charge on any atom is -0.479 e. The summed E-state index contributed by atoms with van der Waals surface area (Å²) >= 11 is 0. The standard InChI is InChI=1S/C25H31FO9.C10H18O2.C2H6.CH4O/c1-15(21(33-17(3)28)16(2)11-18-7-5-4-6-8-18)9-10-25-19(29)12-24(35-25,22(30)31)23(32,14-27)20(13-26)34-25;1-4-8(2)7-9(3)5-6-10(11)12;2*1-2/h4-8,14,16,19-21,29,32H,1,9-13H2,2-3H3,(H,30,31);5-6,8-9H,4,7H2,1-3H3,(H,11,12);1-2H3;2H,1H3/b;6-5+;;/t16-,19-,20?,21-,23?,24?,25?;8-,9+;;/m10../s1. The molecule has 2 aliphatic heterocycles. The van der Waals surface area contributed by atoms with E-state index in [1.807, 2.05) is 58.0 Å². The van der Waals surface area contributed by atoms with Crippen LogP contribution in [0.5, 0.6) is 0 Å². The zero-order valence-corrected chi connectivity index (χ0v) is 31.2. The molecule has 9 atom stereocenters. The number of fused-ring (bicyclic) bond motifs is 2. The van der Waals surface area contributed by atoms with Crippen LogP contribution in [0.3, 0.4) is 0 Å². The van der Waals surface area contributed by atoms with Crippen LogP contribution in [-0.4, -0.2) is 98.8 Å². The van der Waals surface area contributed by atoms with Gasteiger partial charge >= 0.3 is 17.9 Å². The van der Waals surface area contributed by atoms with Gasteiger partial charge in [-0.15, -0.1) is 0 Å². The molecule has 0 aromatic heterocycles. The van der Waals surface area contributed by atoms with E-state index < -0.39 is 66.3 Å². The Morgan fingerprint density at radius 2 is 1.71 bits per heavy atom. The van der Waals surface area contributed by atoms with Gasteiger partial charge in [-0.2, -0.15) is 0 Å². The van der Waals surface area contributed by atoms with Crippen LogP contribution in [0.15, 0.2) is 54.6 Å². The fourth-order valence-electron chi connectivity index (χ4n) is 6.15. The Bertz CT molecular complexity index is 1270. The number of carbonyl (C=O) groups is 4. The van der Waals surface area contributed by atoms with Gasteiger partial charge in [-0.3, -0.25) is 9.59 Å². The third-order valence-corrected chi connectivity index (χ3v) is 8.93. The summed E-state index contributed by atoms with van der Waals surface area (Å²) in [6.07, 6.45) is 0.724. The van der Waals surface area contributed by atoms with Gasteiger partial charge in [-0.05, 0) is 42.2 Å². The van der Waals surface area contributed by atoms with Crippen molar-refractivity contribution in [2.75, 3.05) is 13.8 Å². The molecule has 4 unspecified atom stereocenters. The van der Waals surface area contributed by atoms with E-state index in [1.165, 1.54) is 13.0 Å². The number of aliphatic hydroxyl groups is 3. The molecule has 3 rings (SSSR count). The van der Waals surface area contributed by atoms with Crippen molar-refractivity contribution in [3.05, 3.63) is 60.2 Å². The van der Waals surface area contributed by atoms with Gasteiger partial charge in [0.25, 0.3) is 0 Å². The highest BCUT2D eigenvalue weighted by Crippen LogP contribution is 2.54. The van der Waals surface area contributed by atoms with Crippen LogP contribution >= 0.6 is 0 Å². The van der Waals surface area contributed by atoms with Gasteiger partial charge in [0.05, 0.1) is 0 Å². The number of allylic oxidation sites excluding steroid dienone is 1. The van der Waals surface area contributed by atoms with Gasteiger partial charge in [0, 0.05) is 38.9 Å². The monoisotopic (exact) mass is 726 g/mol. The largest absolute Gasteiger partial charge is 0.479 e. The average Bonchev–Trinajstić information content (AvgIpc) is 3.39. The summed E-state index contributed by atoms with van der Waals surface area (Å²) in [5.74, 6) is -4.22. The molecule has 1 aromatic carbocycles. The van der Waals surface area contributed by atoms with E-state index >= 15 is 0 Å². The Hall–Kier alpha value is -3.49. The molecule has 51 heavy (non-hydrogen) atoms. The van der Waals surface area contributed by atoms with E-state index in [1.54, 1.807) is 6.08 Å². The smallest absolute Gasteiger partial charge is 0.339 e. The zero-order chi connectivity index (χ0) is 39.6. The maximum atomic E-state index is 13.8. The molecule has 0 saturated carbocycles. The van der Waals surface area contributed by atoms with E-state index in [-0.39, 0.29) is 25.0 Å². The highest BCUT2D eigenvalue weighted by Gasteiger charge is 2.76. The molecular formula is C38H59FO12. The Morgan fingerprint density at radius 3 is 2.18 bits per heavy atom. The lowest BCUT2D eigenvalue weighted by Crippen LogP contribution is -2.72. The van der Waals surface area contributed by atoms with Gasteiger partial charge in [-0.1, -0.05) is 91.0 Å². The number of aldehydes is 1. The average molecular weight is 727 g/mol. The molecule has 12 nitrogen and oxygen atoms in total. The zero-order valence-electron chi connectivity index (χ0n) is 31.2. The van der Waals surface area contributed by atoms with Gasteiger partial charge in [-0.25, -0.2) is 14.0 Å². The molecule has 290 valence electrons. The first-order valence-electron chi connectivity index (χ1n) is 17.3. The van der Waals surface area contributed by atoms with Crippen LogP contribution in [0, 0.1) is 17.8 Å². The molecule has 5 N–H and O–H groups in total. The van der Waals surface area contributed by atoms with Crippen LogP contribution in [-0.2, 0) is 39.8 Å². The Morgan fingerprint density at radius 1 is 1.12 bits per heavy atom. The molecule has 0 radical (unpaired) electrons. The van der Waals surface area contributed by atoms with Crippen molar-refractivity contribution >= 4 is 24.2 Å². The van der Waals surface area contributed by atoms with Crippen molar-refractivity contribution in [3.8, 4) is 0 Å². The van der Waals surface area contributed by atoms with Crippen molar-refractivity contribution < 1.29 is 63.3 Å². The minimum absolute atomic E-state index is 0.0579. The first-order chi connectivity index (χ1) is 24.0. The van der Waals surface area contributed by atoms with Crippen molar-refractivity contribution in [1.82, 2.24) is 0 Å². The number of halogens is 1. The molecule has 2 fully saturated rings. The summed E-state index contributed by atoms with van der Waals surface area (Å²) < 4.78 is 30.4. The maximum Gasteiger partial charge on any atom is 0.339 e. The fraction of sp³-hybridized carbons (Fsp3) is 0.632. The van der Waals surface area contributed by atoms with E-state index in [0.717, 1.165) is 25.5 Å². The predicted molar refractivity (Wildman–Crippen MR) is 189 cm³/mol. The molecule has 2 aliphatic rings. The first-order valence-corrected chi connectivity index (χ1v) is 17.3. The quantitative estimate of drug-likeness (QED) is 0.0658. The van der Waals surface area contributed by atoms with Crippen LogP contribution in [0.1, 0.15) is 86.1 Å². The predicted octanol–water partition coefficient (Wildman–Crippen LogP) is 5.07. The Balaban J connectivity index is 0.00000132. The van der Waals surface area contributed by atoms with E-state index in [9.17, 15) is 38.9 Å². The number of hydrogen-bond acceptors (Lipinski definition) is 10. The molecular weight excluding hydrogens is 667 g/mol. The molecule has 0 spiro atoms. The molecule has 0 amide bonds. The second-order valence-corrected chi connectivity index (χ2v) is 12.7. The number of carboxylic acid groups (broad SMARTS) is 2. The van der Waals surface area contributed by atoms with Crippen LogP contribution in [0.25, 0.3) is 0 Å². The molecule has 0 aliphatic carbocycles. The number of aliphatic carboxylic acids is 2. The van der Waals surface area contributed by atoms with Crippen LogP contribution in [0.4, 0.5) is 4.39 Å².